The van der Waals surface area contributed by atoms with Gasteiger partial charge in [-0.25, -0.2) is 0 Å². The molecule has 4 nitrogen and oxygen atoms in total. The monoisotopic (exact) mass is 534 g/mol. The molecule has 4 heteroatoms. The third-order valence-electron chi connectivity index (χ3n) is 8.14. The van der Waals surface area contributed by atoms with Crippen molar-refractivity contribution in [1.82, 2.24) is 9.13 Å². The van der Waals surface area contributed by atoms with Crippen molar-refractivity contribution in [2.24, 2.45) is 0 Å². The smallest absolute Gasteiger partial charge is 0.0992 e. The summed E-state index contributed by atoms with van der Waals surface area (Å²) in [6.45, 7) is 0. The van der Waals surface area contributed by atoms with Crippen LogP contribution >= 0.6 is 0 Å². The van der Waals surface area contributed by atoms with Crippen LogP contribution in [0, 0.1) is 22.7 Å². The summed E-state index contributed by atoms with van der Waals surface area (Å²) in [4.78, 5) is 0. The van der Waals surface area contributed by atoms with E-state index in [2.05, 4.69) is 137 Å². The first-order valence-corrected chi connectivity index (χ1v) is 13.8. The lowest BCUT2D eigenvalue weighted by atomic mass is 9.98. The van der Waals surface area contributed by atoms with E-state index in [0.29, 0.717) is 11.1 Å². The van der Waals surface area contributed by atoms with Crippen LogP contribution in [0.4, 0.5) is 0 Å². The van der Waals surface area contributed by atoms with Gasteiger partial charge in [-0.05, 0) is 66.2 Å². The minimum absolute atomic E-state index is 0.458. The Morgan fingerprint density at radius 3 is 1.31 bits per heavy atom. The molecule has 0 spiro atoms. The van der Waals surface area contributed by atoms with Crippen LogP contribution in [0.2, 0.25) is 0 Å². The molecule has 0 atom stereocenters. The molecule has 0 saturated heterocycles. The van der Waals surface area contributed by atoms with Crippen molar-refractivity contribution in [1.29, 1.82) is 10.5 Å². The Kier molecular flexibility index (Phi) is 5.22. The predicted molar refractivity (Wildman–Crippen MR) is 170 cm³/mol. The molecule has 194 valence electrons. The molecular weight excluding hydrogens is 512 g/mol. The number of fused-ring (bicyclic) bond motifs is 6. The zero-order valence-corrected chi connectivity index (χ0v) is 22.5. The molecule has 0 bridgehead atoms. The van der Waals surface area contributed by atoms with Gasteiger partial charge in [0.05, 0.1) is 51.0 Å². The Bertz CT molecular complexity index is 2300. The molecule has 0 unspecified atom stereocenters. The molecule has 0 aliphatic carbocycles. The molecule has 0 fully saturated rings. The van der Waals surface area contributed by atoms with E-state index in [4.69, 9.17) is 0 Å². The van der Waals surface area contributed by atoms with Crippen LogP contribution in [0.3, 0.4) is 0 Å². The molecule has 42 heavy (non-hydrogen) atoms. The zero-order chi connectivity index (χ0) is 28.2. The van der Waals surface area contributed by atoms with Gasteiger partial charge in [0.1, 0.15) is 0 Å². The maximum atomic E-state index is 9.84. The summed E-state index contributed by atoms with van der Waals surface area (Å²) in [5, 5.41) is 24.4. The zero-order valence-electron chi connectivity index (χ0n) is 22.5. The van der Waals surface area contributed by atoms with Crippen molar-refractivity contribution in [3.8, 4) is 34.6 Å². The van der Waals surface area contributed by atoms with E-state index in [0.717, 1.165) is 44.6 Å². The second-order valence-corrected chi connectivity index (χ2v) is 10.5. The highest BCUT2D eigenvalue weighted by Crippen LogP contribution is 2.39. The van der Waals surface area contributed by atoms with Gasteiger partial charge in [0.25, 0.3) is 0 Å². The highest BCUT2D eigenvalue weighted by atomic mass is 15.0. The van der Waals surface area contributed by atoms with Crippen LogP contribution in [0.1, 0.15) is 11.1 Å². The molecule has 2 heterocycles. The van der Waals surface area contributed by atoms with Gasteiger partial charge >= 0.3 is 0 Å². The fourth-order valence-electron chi connectivity index (χ4n) is 6.38. The SMILES string of the molecule is N#Cc1cc(C#N)cc(-c2cc(-n3c4ccccc4c4ccccc43)ccc2-n2c3ccccc3c3ccccc32)c1. The lowest BCUT2D eigenvalue weighted by Gasteiger charge is -2.17. The van der Waals surface area contributed by atoms with Gasteiger partial charge in [0.2, 0.25) is 0 Å². The second-order valence-electron chi connectivity index (χ2n) is 10.5. The number of rotatable bonds is 3. The molecular formula is C38H22N4. The summed E-state index contributed by atoms with van der Waals surface area (Å²) in [7, 11) is 0. The number of aromatic nitrogens is 2. The van der Waals surface area contributed by atoms with Crippen LogP contribution in [0.5, 0.6) is 0 Å². The summed E-state index contributed by atoms with van der Waals surface area (Å²) < 4.78 is 4.59. The van der Waals surface area contributed by atoms with E-state index < -0.39 is 0 Å². The van der Waals surface area contributed by atoms with E-state index in [1.807, 2.05) is 12.1 Å². The van der Waals surface area contributed by atoms with Crippen molar-refractivity contribution in [3.05, 3.63) is 145 Å². The number of nitrogens with zero attached hydrogens (tertiary/aromatic N) is 4. The maximum absolute atomic E-state index is 9.84. The van der Waals surface area contributed by atoms with Crippen molar-refractivity contribution in [3.63, 3.8) is 0 Å². The van der Waals surface area contributed by atoms with Crippen LogP contribution in [0.25, 0.3) is 66.1 Å². The summed E-state index contributed by atoms with van der Waals surface area (Å²) in [5.74, 6) is 0. The molecule has 6 aromatic carbocycles. The normalized spacial score (nSPS) is 11.3. The Morgan fingerprint density at radius 1 is 0.429 bits per heavy atom. The molecule has 0 N–H and O–H groups in total. The third-order valence-corrected chi connectivity index (χ3v) is 8.14. The highest BCUT2D eigenvalue weighted by molar-refractivity contribution is 6.11. The largest absolute Gasteiger partial charge is 0.309 e. The van der Waals surface area contributed by atoms with Gasteiger partial charge < -0.3 is 9.13 Å². The fraction of sp³-hybridized carbons (Fsp3) is 0. The topological polar surface area (TPSA) is 57.4 Å². The fourth-order valence-corrected chi connectivity index (χ4v) is 6.38. The predicted octanol–water partition coefficient (Wildman–Crippen LogP) is 9.29. The molecule has 0 aliphatic rings. The number of nitriles is 2. The maximum Gasteiger partial charge on any atom is 0.0992 e. The molecule has 8 aromatic rings. The van der Waals surface area contributed by atoms with Gasteiger partial charge in [0.15, 0.2) is 0 Å². The Hall–Kier alpha value is -6.10. The first-order valence-electron chi connectivity index (χ1n) is 13.8. The van der Waals surface area contributed by atoms with Crippen molar-refractivity contribution in [2.45, 2.75) is 0 Å². The van der Waals surface area contributed by atoms with Gasteiger partial charge in [-0.15, -0.1) is 0 Å². The Labute approximate surface area is 242 Å². The summed E-state index contributed by atoms with van der Waals surface area (Å²) >= 11 is 0. The average molecular weight is 535 g/mol. The molecule has 0 saturated carbocycles. The lowest BCUT2D eigenvalue weighted by Crippen LogP contribution is -2.01. The summed E-state index contributed by atoms with van der Waals surface area (Å²) in [6, 6.07) is 50.2. The number of hydrogen-bond donors (Lipinski definition) is 0. The minimum Gasteiger partial charge on any atom is -0.309 e. The second kappa shape index (κ2) is 9.24. The van der Waals surface area contributed by atoms with Gasteiger partial charge in [-0.3, -0.25) is 0 Å². The molecule has 0 amide bonds. The van der Waals surface area contributed by atoms with E-state index in [-0.39, 0.29) is 0 Å². The summed E-state index contributed by atoms with van der Waals surface area (Å²) in [5.41, 5.74) is 9.11. The van der Waals surface area contributed by atoms with Crippen molar-refractivity contribution >= 4 is 43.6 Å². The number of para-hydroxylation sites is 4. The minimum atomic E-state index is 0.458. The van der Waals surface area contributed by atoms with E-state index in [1.165, 1.54) is 21.5 Å². The quantitative estimate of drug-likeness (QED) is 0.227. The third kappa shape index (κ3) is 3.47. The lowest BCUT2D eigenvalue weighted by molar-refractivity contribution is 1.15. The molecule has 2 aromatic heterocycles. The van der Waals surface area contributed by atoms with E-state index in [1.54, 1.807) is 6.07 Å². The highest BCUT2D eigenvalue weighted by Gasteiger charge is 2.19. The first-order chi connectivity index (χ1) is 20.7. The Morgan fingerprint density at radius 2 is 0.857 bits per heavy atom. The van der Waals surface area contributed by atoms with Gasteiger partial charge in [-0.1, -0.05) is 72.8 Å². The number of hydrogen-bond acceptors (Lipinski definition) is 2. The summed E-state index contributed by atoms with van der Waals surface area (Å²) in [6.07, 6.45) is 0. The van der Waals surface area contributed by atoms with Crippen LogP contribution in [0.15, 0.2) is 133 Å². The van der Waals surface area contributed by atoms with Crippen LogP contribution < -0.4 is 0 Å². The van der Waals surface area contributed by atoms with E-state index >= 15 is 0 Å². The van der Waals surface area contributed by atoms with Crippen LogP contribution in [-0.4, -0.2) is 9.13 Å². The van der Waals surface area contributed by atoms with Crippen molar-refractivity contribution in [2.75, 3.05) is 0 Å². The Balaban J connectivity index is 1.50. The van der Waals surface area contributed by atoms with Crippen molar-refractivity contribution < 1.29 is 0 Å². The number of benzene rings is 6. The standard InChI is InChI=1S/C38H22N4/c39-23-25-19-26(24-40)21-27(20-25)33-22-28(41-34-13-5-1-9-29(34)30-10-2-6-14-35(30)41)17-18-38(33)42-36-15-7-3-11-31(36)32-12-4-8-16-37(32)42/h1-22H. The van der Waals surface area contributed by atoms with Gasteiger partial charge in [0, 0.05) is 32.8 Å². The van der Waals surface area contributed by atoms with Gasteiger partial charge in [-0.2, -0.15) is 10.5 Å². The molecule has 8 rings (SSSR count). The average Bonchev–Trinajstić information content (AvgIpc) is 3.57. The van der Waals surface area contributed by atoms with E-state index in [9.17, 15) is 10.5 Å². The van der Waals surface area contributed by atoms with Crippen LogP contribution in [-0.2, 0) is 0 Å². The molecule has 0 aliphatic heterocycles. The first kappa shape index (κ1) is 23.8. The molecule has 0 radical (unpaired) electrons.